The van der Waals surface area contributed by atoms with E-state index in [0.29, 0.717) is 41.2 Å². The Balaban J connectivity index is 1.74. The van der Waals surface area contributed by atoms with Gasteiger partial charge >= 0.3 is 0 Å². The van der Waals surface area contributed by atoms with Crippen LogP contribution in [0, 0.1) is 18.8 Å². The molecule has 1 aromatic carbocycles. The third-order valence-corrected chi connectivity index (χ3v) is 7.12. The topological polar surface area (TPSA) is 92.3 Å². The van der Waals surface area contributed by atoms with Gasteiger partial charge in [0.25, 0.3) is 5.91 Å². The van der Waals surface area contributed by atoms with Crippen molar-refractivity contribution in [1.29, 1.82) is 0 Å². The van der Waals surface area contributed by atoms with Gasteiger partial charge in [-0.25, -0.2) is 8.42 Å². The van der Waals surface area contributed by atoms with Crippen LogP contribution in [0.2, 0.25) is 0 Å². The molecule has 1 aliphatic heterocycles. The fourth-order valence-electron chi connectivity index (χ4n) is 3.29. The number of hydrogen-bond acceptors (Lipinski definition) is 6. The van der Waals surface area contributed by atoms with Crippen molar-refractivity contribution in [2.75, 3.05) is 18.4 Å². The van der Waals surface area contributed by atoms with Gasteiger partial charge in [0.05, 0.1) is 10.6 Å². The summed E-state index contributed by atoms with van der Waals surface area (Å²) in [5.41, 5.74) is 1.10. The summed E-state index contributed by atoms with van der Waals surface area (Å²) in [5.74, 6) is 0.401. The number of benzene rings is 1. The number of anilines is 1. The Morgan fingerprint density at radius 1 is 1.19 bits per heavy atom. The van der Waals surface area contributed by atoms with Crippen LogP contribution in [-0.4, -0.2) is 41.3 Å². The number of hydrogen-bond donors (Lipinski definition) is 1. The molecule has 26 heavy (non-hydrogen) atoms. The van der Waals surface area contributed by atoms with E-state index in [2.05, 4.69) is 28.8 Å². The van der Waals surface area contributed by atoms with Crippen molar-refractivity contribution >= 4 is 33.2 Å². The standard InChI is InChI=1S/C17H22N4O3S2/c1-11-8-12(2)10-21(9-11)26(23,24)15-6-4-14(5-7-15)18-17(22)16-13(3)19-20-25-16/h4-7,11-12H,8-10H2,1-3H3,(H,18,22)/t11-,12-/m0/s1. The Labute approximate surface area is 157 Å². The zero-order chi connectivity index (χ0) is 18.9. The van der Waals surface area contributed by atoms with E-state index in [9.17, 15) is 13.2 Å². The van der Waals surface area contributed by atoms with Crippen molar-refractivity contribution in [1.82, 2.24) is 13.9 Å². The Morgan fingerprint density at radius 3 is 2.35 bits per heavy atom. The molecule has 0 radical (unpaired) electrons. The maximum Gasteiger partial charge on any atom is 0.269 e. The third kappa shape index (κ3) is 3.94. The lowest BCUT2D eigenvalue weighted by atomic mass is 9.94. The molecule has 1 aromatic heterocycles. The van der Waals surface area contributed by atoms with Crippen molar-refractivity contribution in [2.24, 2.45) is 11.8 Å². The van der Waals surface area contributed by atoms with Crippen LogP contribution in [0.3, 0.4) is 0 Å². The van der Waals surface area contributed by atoms with Crippen LogP contribution in [0.4, 0.5) is 5.69 Å². The highest BCUT2D eigenvalue weighted by Crippen LogP contribution is 2.27. The molecule has 1 fully saturated rings. The van der Waals surface area contributed by atoms with Crippen molar-refractivity contribution in [3.63, 3.8) is 0 Å². The average molecular weight is 395 g/mol. The molecule has 2 atom stereocenters. The molecule has 0 saturated carbocycles. The van der Waals surface area contributed by atoms with Gasteiger partial charge in [-0.15, -0.1) is 5.10 Å². The van der Waals surface area contributed by atoms with E-state index >= 15 is 0 Å². The maximum atomic E-state index is 12.9. The minimum absolute atomic E-state index is 0.243. The number of carbonyl (C=O) groups is 1. The highest BCUT2D eigenvalue weighted by molar-refractivity contribution is 7.89. The first-order chi connectivity index (χ1) is 12.3. The first kappa shape index (κ1) is 18.9. The lowest BCUT2D eigenvalue weighted by Crippen LogP contribution is -2.42. The minimum Gasteiger partial charge on any atom is -0.321 e. The first-order valence-electron chi connectivity index (χ1n) is 8.48. The lowest BCUT2D eigenvalue weighted by Gasteiger charge is -2.34. The van der Waals surface area contributed by atoms with Crippen molar-refractivity contribution in [2.45, 2.75) is 32.1 Å². The molecule has 0 unspecified atom stereocenters. The van der Waals surface area contributed by atoms with E-state index in [0.717, 1.165) is 18.0 Å². The second kappa shape index (κ2) is 7.42. The molecule has 2 aromatic rings. The monoisotopic (exact) mass is 394 g/mol. The summed E-state index contributed by atoms with van der Waals surface area (Å²) in [6, 6.07) is 6.27. The summed E-state index contributed by atoms with van der Waals surface area (Å²) in [7, 11) is -3.52. The summed E-state index contributed by atoms with van der Waals surface area (Å²) in [5, 5.41) is 6.55. The normalized spacial score (nSPS) is 21.5. The molecule has 1 aliphatic rings. The highest BCUT2D eigenvalue weighted by Gasteiger charge is 2.31. The maximum absolute atomic E-state index is 12.9. The second-order valence-corrected chi connectivity index (χ2v) is 9.63. The van der Waals surface area contributed by atoms with Crippen LogP contribution >= 0.6 is 11.5 Å². The van der Waals surface area contributed by atoms with Gasteiger partial charge in [0.15, 0.2) is 0 Å². The van der Waals surface area contributed by atoms with Crippen molar-refractivity contribution in [3.8, 4) is 0 Å². The lowest BCUT2D eigenvalue weighted by molar-refractivity contribution is 0.103. The summed E-state index contributed by atoms with van der Waals surface area (Å²) >= 11 is 1.03. The molecule has 7 nitrogen and oxygen atoms in total. The molecule has 1 saturated heterocycles. The van der Waals surface area contributed by atoms with Gasteiger partial charge < -0.3 is 5.32 Å². The van der Waals surface area contributed by atoms with Gasteiger partial charge in [-0.05, 0) is 61.0 Å². The number of carbonyl (C=O) groups excluding carboxylic acids is 1. The Kier molecular flexibility index (Phi) is 5.40. The van der Waals surface area contributed by atoms with Crippen LogP contribution in [0.15, 0.2) is 29.2 Å². The summed E-state index contributed by atoms with van der Waals surface area (Å²) in [6.07, 6.45) is 1.04. The van der Waals surface area contributed by atoms with E-state index in [-0.39, 0.29) is 10.8 Å². The van der Waals surface area contributed by atoms with Gasteiger partial charge in [-0.2, -0.15) is 4.31 Å². The summed E-state index contributed by atoms with van der Waals surface area (Å²) < 4.78 is 31.0. The molecule has 9 heteroatoms. The number of amides is 1. The van der Waals surface area contributed by atoms with Gasteiger partial charge in [0.1, 0.15) is 4.88 Å². The predicted molar refractivity (Wildman–Crippen MR) is 101 cm³/mol. The fourth-order valence-corrected chi connectivity index (χ4v) is 5.52. The van der Waals surface area contributed by atoms with Gasteiger partial charge in [-0.1, -0.05) is 18.3 Å². The molecule has 2 heterocycles. The number of sulfonamides is 1. The second-order valence-electron chi connectivity index (χ2n) is 6.93. The zero-order valence-electron chi connectivity index (χ0n) is 15.0. The van der Waals surface area contributed by atoms with Crippen LogP contribution in [0.5, 0.6) is 0 Å². The van der Waals surface area contributed by atoms with E-state index in [1.807, 2.05) is 0 Å². The molecular weight excluding hydrogens is 372 g/mol. The molecular formula is C17H22N4O3S2. The average Bonchev–Trinajstić information content (AvgIpc) is 3.00. The van der Waals surface area contributed by atoms with E-state index < -0.39 is 10.0 Å². The van der Waals surface area contributed by atoms with Crippen molar-refractivity contribution in [3.05, 3.63) is 34.8 Å². The van der Waals surface area contributed by atoms with Crippen LogP contribution in [-0.2, 0) is 10.0 Å². The Hall–Kier alpha value is -1.84. The summed E-state index contributed by atoms with van der Waals surface area (Å²) in [6.45, 7) is 6.96. The number of nitrogens with one attached hydrogen (secondary N) is 1. The number of aromatic nitrogens is 2. The molecule has 0 spiro atoms. The molecule has 3 rings (SSSR count). The Morgan fingerprint density at radius 2 is 1.81 bits per heavy atom. The molecule has 140 valence electrons. The molecule has 0 aliphatic carbocycles. The smallest absolute Gasteiger partial charge is 0.269 e. The van der Waals surface area contributed by atoms with E-state index in [1.165, 1.54) is 12.1 Å². The predicted octanol–water partition coefficient (Wildman–Crippen LogP) is 2.77. The SMILES string of the molecule is Cc1nnsc1C(=O)Nc1ccc(S(=O)(=O)N2C[C@@H](C)C[C@H](C)C2)cc1. The largest absolute Gasteiger partial charge is 0.321 e. The fraction of sp³-hybridized carbons (Fsp3) is 0.471. The van der Waals surface area contributed by atoms with Gasteiger partial charge in [0.2, 0.25) is 10.0 Å². The number of piperidine rings is 1. The quantitative estimate of drug-likeness (QED) is 0.861. The summed E-state index contributed by atoms with van der Waals surface area (Å²) in [4.78, 5) is 12.9. The van der Waals surface area contributed by atoms with Crippen LogP contribution in [0.1, 0.15) is 35.6 Å². The van der Waals surface area contributed by atoms with Crippen LogP contribution in [0.25, 0.3) is 0 Å². The number of aryl methyl sites for hydroxylation is 1. The molecule has 1 N–H and O–H groups in total. The van der Waals surface area contributed by atoms with E-state index in [4.69, 9.17) is 0 Å². The first-order valence-corrected chi connectivity index (χ1v) is 10.7. The van der Waals surface area contributed by atoms with Crippen LogP contribution < -0.4 is 5.32 Å². The number of nitrogens with zero attached hydrogens (tertiary/aromatic N) is 3. The highest BCUT2D eigenvalue weighted by atomic mass is 32.2. The van der Waals surface area contributed by atoms with Gasteiger partial charge in [-0.3, -0.25) is 4.79 Å². The zero-order valence-corrected chi connectivity index (χ0v) is 16.6. The molecule has 0 bridgehead atoms. The van der Waals surface area contributed by atoms with Crippen molar-refractivity contribution < 1.29 is 13.2 Å². The van der Waals surface area contributed by atoms with Gasteiger partial charge in [0, 0.05) is 18.8 Å². The third-order valence-electron chi connectivity index (χ3n) is 4.44. The minimum atomic E-state index is -3.52. The number of rotatable bonds is 4. The Bertz CT molecular complexity index is 883. The van der Waals surface area contributed by atoms with E-state index in [1.54, 1.807) is 23.4 Å². The molecule has 1 amide bonds.